The molecule has 1 fully saturated rings. The molecule has 2 heterocycles. The minimum atomic E-state index is -4.47. The van der Waals surface area contributed by atoms with Crippen LogP contribution in [-0.2, 0) is 6.18 Å². The molecule has 2 aromatic rings. The summed E-state index contributed by atoms with van der Waals surface area (Å²) in [5, 5.41) is 9.95. The number of rotatable bonds is 2. The van der Waals surface area contributed by atoms with E-state index in [0.717, 1.165) is 12.1 Å². The molecule has 0 saturated carbocycles. The van der Waals surface area contributed by atoms with Crippen LogP contribution in [0.25, 0.3) is 0 Å². The Hall–Kier alpha value is -2.48. The number of β-amino-alcohol motifs (C(OH)–C–C–N with tert-alkyl or cyclic N) is 1. The molecule has 1 saturated heterocycles. The topological polar surface area (TPSA) is 66.3 Å². The van der Waals surface area contributed by atoms with Gasteiger partial charge in [0.1, 0.15) is 5.69 Å². The molecule has 1 aliphatic rings. The Labute approximate surface area is 142 Å². The molecule has 0 spiro atoms. The number of alkyl halides is 3. The molecular formula is C17H16F3N3O2. The summed E-state index contributed by atoms with van der Waals surface area (Å²) in [6.07, 6.45) is -2.33. The smallest absolute Gasteiger partial charge is 0.391 e. The summed E-state index contributed by atoms with van der Waals surface area (Å²) in [6, 6.07) is 4.18. The standard InChI is InChI=1S/C17H16F3N3O2/c1-10-7-22-14(8-21-10)16(25)23-9-13(24)6-15(23)11-3-2-4-12(5-11)17(18,19)20/h2-5,7-8,13,15,24H,6,9H2,1H3. The van der Waals surface area contributed by atoms with Crippen LogP contribution in [0.2, 0.25) is 0 Å². The van der Waals surface area contributed by atoms with Crippen LogP contribution in [0.4, 0.5) is 13.2 Å². The van der Waals surface area contributed by atoms with E-state index in [2.05, 4.69) is 9.97 Å². The molecule has 3 rings (SSSR count). The first-order valence-corrected chi connectivity index (χ1v) is 7.70. The molecule has 1 N–H and O–H groups in total. The van der Waals surface area contributed by atoms with Crippen molar-refractivity contribution in [2.45, 2.75) is 31.7 Å². The SMILES string of the molecule is Cc1cnc(C(=O)N2CC(O)CC2c2cccc(C(F)(F)F)c2)cn1. The first-order valence-electron chi connectivity index (χ1n) is 7.70. The number of nitrogens with zero attached hydrogens (tertiary/aromatic N) is 3. The molecule has 1 aromatic carbocycles. The van der Waals surface area contributed by atoms with Crippen LogP contribution in [0.5, 0.6) is 0 Å². The van der Waals surface area contributed by atoms with E-state index in [1.165, 1.54) is 29.4 Å². The number of benzene rings is 1. The minimum absolute atomic E-state index is 0.0370. The van der Waals surface area contributed by atoms with Gasteiger partial charge in [0.25, 0.3) is 5.91 Å². The van der Waals surface area contributed by atoms with Crippen LogP contribution >= 0.6 is 0 Å². The zero-order valence-corrected chi connectivity index (χ0v) is 13.4. The number of hydrogen-bond donors (Lipinski definition) is 1. The highest BCUT2D eigenvalue weighted by molar-refractivity contribution is 5.92. The Kier molecular flexibility index (Phi) is 4.47. The van der Waals surface area contributed by atoms with E-state index in [-0.39, 0.29) is 18.7 Å². The first-order chi connectivity index (χ1) is 11.8. The number of likely N-dealkylation sites (tertiary alicyclic amines) is 1. The van der Waals surface area contributed by atoms with Crippen molar-refractivity contribution in [1.29, 1.82) is 0 Å². The number of carbonyl (C=O) groups excluding carboxylic acids is 1. The van der Waals surface area contributed by atoms with Crippen molar-refractivity contribution < 1.29 is 23.1 Å². The van der Waals surface area contributed by atoms with Gasteiger partial charge in [-0.15, -0.1) is 0 Å². The molecule has 0 aliphatic carbocycles. The van der Waals surface area contributed by atoms with Gasteiger partial charge < -0.3 is 10.0 Å². The molecule has 1 aliphatic heterocycles. The van der Waals surface area contributed by atoms with Gasteiger partial charge in [-0.1, -0.05) is 12.1 Å². The van der Waals surface area contributed by atoms with Gasteiger partial charge in [-0.05, 0) is 31.0 Å². The summed E-state index contributed by atoms with van der Waals surface area (Å²) in [4.78, 5) is 22.0. The molecule has 8 heteroatoms. The van der Waals surface area contributed by atoms with Crippen LogP contribution in [0.3, 0.4) is 0 Å². The number of aliphatic hydroxyl groups is 1. The lowest BCUT2D eigenvalue weighted by atomic mass is 10.0. The lowest BCUT2D eigenvalue weighted by Crippen LogP contribution is -2.32. The highest BCUT2D eigenvalue weighted by Gasteiger charge is 2.38. The fraction of sp³-hybridized carbons (Fsp3) is 0.353. The second-order valence-corrected chi connectivity index (χ2v) is 6.03. The lowest BCUT2D eigenvalue weighted by molar-refractivity contribution is -0.137. The summed E-state index contributed by atoms with van der Waals surface area (Å²) in [6.45, 7) is 1.77. The van der Waals surface area contributed by atoms with Gasteiger partial charge in [0.15, 0.2) is 0 Å². The van der Waals surface area contributed by atoms with Crippen LogP contribution in [0.1, 0.15) is 39.8 Å². The zero-order chi connectivity index (χ0) is 18.2. The molecular weight excluding hydrogens is 335 g/mol. The van der Waals surface area contributed by atoms with Crippen molar-refractivity contribution in [2.75, 3.05) is 6.54 Å². The summed E-state index contributed by atoms with van der Waals surface area (Å²) in [5.74, 6) is -0.466. The average Bonchev–Trinajstić information content (AvgIpc) is 2.96. The fourth-order valence-corrected chi connectivity index (χ4v) is 2.93. The van der Waals surface area contributed by atoms with Gasteiger partial charge in [-0.3, -0.25) is 9.78 Å². The zero-order valence-electron chi connectivity index (χ0n) is 13.4. The van der Waals surface area contributed by atoms with Crippen molar-refractivity contribution >= 4 is 5.91 Å². The third-order valence-electron chi connectivity index (χ3n) is 4.14. The molecule has 0 bridgehead atoms. The van der Waals surface area contributed by atoms with E-state index in [1.54, 1.807) is 6.92 Å². The monoisotopic (exact) mass is 351 g/mol. The van der Waals surface area contributed by atoms with E-state index >= 15 is 0 Å². The highest BCUT2D eigenvalue weighted by Crippen LogP contribution is 2.36. The summed E-state index contributed by atoms with van der Waals surface area (Å²) in [5.41, 5.74) is 0.290. The minimum Gasteiger partial charge on any atom is -0.391 e. The Morgan fingerprint density at radius 2 is 2.04 bits per heavy atom. The number of halogens is 3. The second-order valence-electron chi connectivity index (χ2n) is 6.03. The average molecular weight is 351 g/mol. The number of carbonyl (C=O) groups is 1. The van der Waals surface area contributed by atoms with Gasteiger partial charge in [-0.25, -0.2) is 4.98 Å². The Bertz CT molecular complexity index is 777. The molecule has 5 nitrogen and oxygen atoms in total. The van der Waals surface area contributed by atoms with E-state index in [9.17, 15) is 23.1 Å². The van der Waals surface area contributed by atoms with E-state index in [4.69, 9.17) is 0 Å². The third-order valence-corrected chi connectivity index (χ3v) is 4.14. The second kappa shape index (κ2) is 6.44. The maximum atomic E-state index is 12.9. The molecule has 2 unspecified atom stereocenters. The van der Waals surface area contributed by atoms with Crippen molar-refractivity contribution in [3.63, 3.8) is 0 Å². The molecule has 0 radical (unpaired) electrons. The van der Waals surface area contributed by atoms with Crippen LogP contribution in [0, 0.1) is 6.92 Å². The van der Waals surface area contributed by atoms with Crippen molar-refractivity contribution in [3.8, 4) is 0 Å². The van der Waals surface area contributed by atoms with Gasteiger partial charge >= 0.3 is 6.18 Å². The van der Waals surface area contributed by atoms with Crippen molar-refractivity contribution in [3.05, 3.63) is 59.2 Å². The van der Waals surface area contributed by atoms with Gasteiger partial charge in [0, 0.05) is 12.7 Å². The van der Waals surface area contributed by atoms with E-state index in [0.29, 0.717) is 11.3 Å². The normalized spacial score (nSPS) is 20.8. The number of aromatic nitrogens is 2. The van der Waals surface area contributed by atoms with Crippen LogP contribution < -0.4 is 0 Å². The van der Waals surface area contributed by atoms with Crippen LogP contribution in [-0.4, -0.2) is 38.5 Å². The first kappa shape index (κ1) is 17.3. The molecule has 1 aromatic heterocycles. The molecule has 25 heavy (non-hydrogen) atoms. The predicted octanol–water partition coefficient (Wildman–Crippen LogP) is 2.75. The lowest BCUT2D eigenvalue weighted by Gasteiger charge is -2.25. The Morgan fingerprint density at radius 1 is 1.28 bits per heavy atom. The van der Waals surface area contributed by atoms with Crippen molar-refractivity contribution in [1.82, 2.24) is 14.9 Å². The van der Waals surface area contributed by atoms with E-state index in [1.807, 2.05) is 0 Å². The van der Waals surface area contributed by atoms with Gasteiger partial charge in [0.2, 0.25) is 0 Å². The number of aryl methyl sites for hydroxylation is 1. The number of aliphatic hydroxyl groups excluding tert-OH is 1. The Balaban J connectivity index is 1.92. The van der Waals surface area contributed by atoms with Crippen molar-refractivity contribution in [2.24, 2.45) is 0 Å². The molecule has 2 atom stereocenters. The number of amides is 1. The quantitative estimate of drug-likeness (QED) is 0.904. The van der Waals surface area contributed by atoms with E-state index < -0.39 is 29.8 Å². The number of hydrogen-bond acceptors (Lipinski definition) is 4. The van der Waals surface area contributed by atoms with Crippen LogP contribution in [0.15, 0.2) is 36.7 Å². The summed E-state index contributed by atoms with van der Waals surface area (Å²) < 4.78 is 38.8. The summed E-state index contributed by atoms with van der Waals surface area (Å²) >= 11 is 0. The maximum Gasteiger partial charge on any atom is 0.416 e. The Morgan fingerprint density at radius 3 is 2.68 bits per heavy atom. The van der Waals surface area contributed by atoms with Gasteiger partial charge in [0.05, 0.1) is 29.6 Å². The maximum absolute atomic E-state index is 12.9. The van der Waals surface area contributed by atoms with Gasteiger partial charge in [-0.2, -0.15) is 13.2 Å². The molecule has 1 amide bonds. The summed E-state index contributed by atoms with van der Waals surface area (Å²) in [7, 11) is 0. The fourth-order valence-electron chi connectivity index (χ4n) is 2.93. The third kappa shape index (κ3) is 3.63. The predicted molar refractivity (Wildman–Crippen MR) is 82.6 cm³/mol. The molecule has 132 valence electrons. The largest absolute Gasteiger partial charge is 0.416 e. The highest BCUT2D eigenvalue weighted by atomic mass is 19.4.